The van der Waals surface area contributed by atoms with Crippen molar-refractivity contribution in [3.05, 3.63) is 40.2 Å². The van der Waals surface area contributed by atoms with E-state index in [1.165, 1.54) is 0 Å². The summed E-state index contributed by atoms with van der Waals surface area (Å²) in [5.41, 5.74) is 0.469. The lowest BCUT2D eigenvalue weighted by molar-refractivity contribution is 0.0919. The summed E-state index contributed by atoms with van der Waals surface area (Å²) in [5, 5.41) is 3.78. The lowest BCUT2D eigenvalue weighted by atomic mass is 10.1. The van der Waals surface area contributed by atoms with Crippen molar-refractivity contribution in [2.75, 3.05) is 0 Å². The van der Waals surface area contributed by atoms with Crippen LogP contribution in [0, 0.1) is 0 Å². The maximum absolute atomic E-state index is 12.3. The van der Waals surface area contributed by atoms with Gasteiger partial charge >= 0.3 is 0 Å². The summed E-state index contributed by atoms with van der Waals surface area (Å²) >= 11 is 11.9. The van der Waals surface area contributed by atoms with E-state index in [1.807, 2.05) is 6.20 Å². The number of fused-ring (bicyclic) bond motifs is 1. The Morgan fingerprint density at radius 1 is 1.50 bits per heavy atom. The third-order valence-corrected chi connectivity index (χ3v) is 4.46. The van der Waals surface area contributed by atoms with Crippen LogP contribution in [0.1, 0.15) is 22.7 Å². The highest BCUT2D eigenvalue weighted by atomic mass is 35.5. The van der Waals surface area contributed by atoms with Gasteiger partial charge in [-0.15, -0.1) is 0 Å². The molecule has 2 aromatic rings. The summed E-state index contributed by atoms with van der Waals surface area (Å²) in [6, 6.07) is 1.68. The van der Waals surface area contributed by atoms with Gasteiger partial charge in [0.2, 0.25) is 0 Å². The molecule has 1 N–H and O–H groups in total. The third kappa shape index (κ3) is 2.31. The monoisotopic (exact) mass is 312 g/mol. The molecule has 7 heteroatoms. The van der Waals surface area contributed by atoms with Crippen LogP contribution < -0.4 is 5.32 Å². The number of amides is 1. The Bertz CT molecular complexity index is 661. The van der Waals surface area contributed by atoms with Crippen molar-refractivity contribution in [2.45, 2.75) is 25.4 Å². The van der Waals surface area contributed by atoms with Crippen molar-refractivity contribution in [2.24, 2.45) is 7.05 Å². The van der Waals surface area contributed by atoms with Gasteiger partial charge in [-0.1, -0.05) is 23.2 Å². The van der Waals surface area contributed by atoms with Gasteiger partial charge in [0, 0.05) is 38.4 Å². The molecule has 0 aromatic carbocycles. The van der Waals surface area contributed by atoms with Crippen LogP contribution in [0.4, 0.5) is 0 Å². The first kappa shape index (κ1) is 13.5. The Morgan fingerprint density at radius 2 is 2.30 bits per heavy atom. The van der Waals surface area contributed by atoms with Crippen molar-refractivity contribution >= 4 is 29.1 Å². The number of nitrogens with one attached hydrogen (secondary N) is 1. The number of nitrogens with zero attached hydrogens (tertiary/aromatic N) is 3. The van der Waals surface area contributed by atoms with E-state index in [0.29, 0.717) is 15.9 Å². The summed E-state index contributed by atoms with van der Waals surface area (Å²) in [6.07, 6.45) is 5.47. The van der Waals surface area contributed by atoms with Gasteiger partial charge in [-0.3, -0.25) is 4.79 Å². The number of hydrogen-bond donors (Lipinski definition) is 1. The van der Waals surface area contributed by atoms with Crippen LogP contribution in [0.2, 0.25) is 10.2 Å². The number of halogens is 2. The van der Waals surface area contributed by atoms with Gasteiger partial charge in [0.15, 0.2) is 0 Å². The van der Waals surface area contributed by atoms with E-state index in [9.17, 15) is 4.79 Å². The minimum Gasteiger partial charge on any atom is -0.346 e. The van der Waals surface area contributed by atoms with Crippen LogP contribution in [0.25, 0.3) is 0 Å². The molecule has 2 aromatic heterocycles. The van der Waals surface area contributed by atoms with E-state index in [0.717, 1.165) is 25.2 Å². The second-order valence-corrected chi connectivity index (χ2v) is 5.70. The molecule has 0 radical (unpaired) electrons. The molecule has 0 aliphatic carbocycles. The molecular weight excluding hydrogens is 299 g/mol. The maximum atomic E-state index is 12.3. The minimum absolute atomic E-state index is 0.0941. The number of rotatable bonds is 2. The van der Waals surface area contributed by atoms with Crippen LogP contribution in [0.3, 0.4) is 0 Å². The fourth-order valence-corrected chi connectivity index (χ4v) is 2.88. The van der Waals surface area contributed by atoms with Crippen molar-refractivity contribution in [3.8, 4) is 0 Å². The van der Waals surface area contributed by atoms with Crippen molar-refractivity contribution < 1.29 is 4.79 Å². The molecule has 1 aliphatic rings. The molecule has 106 valence electrons. The van der Waals surface area contributed by atoms with E-state index >= 15 is 0 Å². The highest BCUT2D eigenvalue weighted by molar-refractivity contribution is 6.41. The predicted octanol–water partition coefficient (Wildman–Crippen LogP) is 2.27. The summed E-state index contributed by atoms with van der Waals surface area (Å²) in [5.74, 6) is 0.912. The Morgan fingerprint density at radius 3 is 3.00 bits per heavy atom. The Kier molecular flexibility index (Phi) is 3.48. The molecule has 1 aliphatic heterocycles. The summed E-state index contributed by atoms with van der Waals surface area (Å²) in [7, 11) is 1.72. The van der Waals surface area contributed by atoms with Crippen LogP contribution in [0.5, 0.6) is 0 Å². The van der Waals surface area contributed by atoms with Crippen LogP contribution in [0.15, 0.2) is 18.5 Å². The van der Waals surface area contributed by atoms with Gasteiger partial charge in [-0.05, 0) is 12.5 Å². The highest BCUT2D eigenvalue weighted by Crippen LogP contribution is 2.25. The maximum Gasteiger partial charge on any atom is 0.268 e. The molecular formula is C13H14Cl2N4O. The standard InChI is InChI=1S/C13H14Cl2N4O/c1-18-10(6-9(14)12(18)15)13(20)17-8-2-3-11-16-4-5-19(11)7-8/h4-6,8H,2-3,7H2,1H3,(H,17,20)/t8-/m1/s1. The number of imidazole rings is 1. The van der Waals surface area contributed by atoms with Crippen LogP contribution in [-0.2, 0) is 20.0 Å². The zero-order valence-corrected chi connectivity index (χ0v) is 12.4. The number of aryl methyl sites for hydroxylation is 1. The molecule has 1 atom stereocenters. The number of aromatic nitrogens is 3. The van der Waals surface area contributed by atoms with Crippen LogP contribution in [-0.4, -0.2) is 26.1 Å². The molecule has 0 saturated heterocycles. The molecule has 5 nitrogen and oxygen atoms in total. The van der Waals surface area contributed by atoms with E-state index in [-0.39, 0.29) is 11.9 Å². The van der Waals surface area contributed by atoms with Gasteiger partial charge in [0.25, 0.3) is 5.91 Å². The van der Waals surface area contributed by atoms with E-state index in [2.05, 4.69) is 14.9 Å². The fourth-order valence-electron chi connectivity index (χ4n) is 2.50. The minimum atomic E-state index is -0.158. The first-order chi connectivity index (χ1) is 9.56. The topological polar surface area (TPSA) is 51.9 Å². The highest BCUT2D eigenvalue weighted by Gasteiger charge is 2.23. The van der Waals surface area contributed by atoms with Crippen molar-refractivity contribution in [1.29, 1.82) is 0 Å². The number of hydrogen-bond acceptors (Lipinski definition) is 2. The van der Waals surface area contributed by atoms with Crippen molar-refractivity contribution in [3.63, 3.8) is 0 Å². The summed E-state index contributed by atoms with van der Waals surface area (Å²) < 4.78 is 3.66. The van der Waals surface area contributed by atoms with E-state index in [4.69, 9.17) is 23.2 Å². The van der Waals surface area contributed by atoms with Gasteiger partial charge in [0.05, 0.1) is 5.02 Å². The zero-order chi connectivity index (χ0) is 14.3. The molecule has 0 saturated carbocycles. The molecule has 0 spiro atoms. The fraction of sp³-hybridized carbons (Fsp3) is 0.385. The first-order valence-electron chi connectivity index (χ1n) is 6.38. The van der Waals surface area contributed by atoms with Gasteiger partial charge in [-0.2, -0.15) is 0 Å². The quantitative estimate of drug-likeness (QED) is 0.925. The second kappa shape index (κ2) is 5.14. The van der Waals surface area contributed by atoms with Crippen LogP contribution >= 0.6 is 23.2 Å². The average molecular weight is 313 g/mol. The Hall–Kier alpha value is -1.46. The van der Waals surface area contributed by atoms with E-state index < -0.39 is 0 Å². The summed E-state index contributed by atoms with van der Waals surface area (Å²) in [4.78, 5) is 16.5. The average Bonchev–Trinajstić information content (AvgIpc) is 2.98. The molecule has 0 bridgehead atoms. The van der Waals surface area contributed by atoms with Crippen molar-refractivity contribution in [1.82, 2.24) is 19.4 Å². The molecule has 0 unspecified atom stereocenters. The van der Waals surface area contributed by atoms with E-state index in [1.54, 1.807) is 23.9 Å². The van der Waals surface area contributed by atoms with Gasteiger partial charge in [-0.25, -0.2) is 4.98 Å². The second-order valence-electron chi connectivity index (χ2n) is 4.93. The SMILES string of the molecule is Cn1c(C(=O)N[C@@H]2CCc3nccn3C2)cc(Cl)c1Cl. The Balaban J connectivity index is 1.72. The molecule has 3 heterocycles. The summed E-state index contributed by atoms with van der Waals surface area (Å²) in [6.45, 7) is 0.743. The largest absolute Gasteiger partial charge is 0.346 e. The normalized spacial score (nSPS) is 17.9. The molecule has 3 rings (SSSR count). The first-order valence-corrected chi connectivity index (χ1v) is 7.13. The zero-order valence-electron chi connectivity index (χ0n) is 10.9. The van der Waals surface area contributed by atoms with Gasteiger partial charge in [0.1, 0.15) is 16.7 Å². The lowest BCUT2D eigenvalue weighted by Gasteiger charge is -2.24. The smallest absolute Gasteiger partial charge is 0.268 e. The number of carbonyl (C=O) groups is 1. The molecule has 20 heavy (non-hydrogen) atoms. The lowest BCUT2D eigenvalue weighted by Crippen LogP contribution is -2.41. The van der Waals surface area contributed by atoms with Gasteiger partial charge < -0.3 is 14.5 Å². The molecule has 0 fully saturated rings. The predicted molar refractivity (Wildman–Crippen MR) is 77.2 cm³/mol. The Labute approximate surface area is 126 Å². The third-order valence-electron chi connectivity index (χ3n) is 3.62. The number of carbonyl (C=O) groups excluding carboxylic acids is 1. The molecule has 1 amide bonds.